The van der Waals surface area contributed by atoms with Crippen molar-refractivity contribution in [1.29, 1.82) is 0 Å². The molecule has 0 radical (unpaired) electrons. The number of thiazole rings is 1. The zero-order chi connectivity index (χ0) is 14.1. The van der Waals surface area contributed by atoms with E-state index in [1.165, 1.54) is 37.7 Å². The zero-order valence-electron chi connectivity index (χ0n) is 12.0. The van der Waals surface area contributed by atoms with Crippen LogP contribution in [0.5, 0.6) is 0 Å². The lowest BCUT2D eigenvalue weighted by atomic mass is 9.95. The number of aromatic nitrogens is 2. The van der Waals surface area contributed by atoms with Crippen molar-refractivity contribution in [3.63, 3.8) is 0 Å². The predicted molar refractivity (Wildman–Crippen MR) is 89.0 cm³/mol. The van der Waals surface area contributed by atoms with E-state index < -0.39 is 0 Å². The topological polar surface area (TPSA) is 29.3 Å². The summed E-state index contributed by atoms with van der Waals surface area (Å²) in [5.74, 6) is 1.16. The van der Waals surface area contributed by atoms with Crippen LogP contribution in [-0.4, -0.2) is 15.4 Å². The van der Waals surface area contributed by atoms with Gasteiger partial charge in [0, 0.05) is 23.2 Å². The van der Waals surface area contributed by atoms with Gasteiger partial charge in [-0.1, -0.05) is 49.6 Å². The molecule has 3 nitrogen and oxygen atoms in total. The maximum absolute atomic E-state index is 4.83. The maximum Gasteiger partial charge on any atom is 0.195 e. The van der Waals surface area contributed by atoms with Crippen molar-refractivity contribution in [1.82, 2.24) is 9.38 Å². The Morgan fingerprint density at radius 2 is 1.90 bits per heavy atom. The zero-order valence-corrected chi connectivity index (χ0v) is 12.8. The van der Waals surface area contributed by atoms with Crippen LogP contribution >= 0.6 is 11.3 Å². The molecule has 1 aliphatic rings. The second-order valence-electron chi connectivity index (χ2n) is 5.71. The van der Waals surface area contributed by atoms with Crippen molar-refractivity contribution < 1.29 is 0 Å². The minimum absolute atomic E-state index is 0.584. The minimum Gasteiger partial charge on any atom is -0.367 e. The highest BCUT2D eigenvalue weighted by molar-refractivity contribution is 7.15. The van der Waals surface area contributed by atoms with Crippen LogP contribution in [0.2, 0.25) is 0 Å². The lowest BCUT2D eigenvalue weighted by molar-refractivity contribution is 0.462. The van der Waals surface area contributed by atoms with Gasteiger partial charge in [0.2, 0.25) is 0 Å². The molecule has 0 atom stereocenters. The smallest absolute Gasteiger partial charge is 0.195 e. The van der Waals surface area contributed by atoms with Crippen LogP contribution in [0.15, 0.2) is 41.9 Å². The average Bonchev–Trinajstić information content (AvgIpc) is 3.12. The first-order valence-electron chi connectivity index (χ1n) is 7.69. The number of anilines is 1. The van der Waals surface area contributed by atoms with E-state index in [1.807, 2.05) is 0 Å². The Hall–Kier alpha value is -1.81. The highest BCUT2D eigenvalue weighted by atomic mass is 32.1. The van der Waals surface area contributed by atoms with Crippen LogP contribution in [0, 0.1) is 0 Å². The third-order valence-corrected chi connectivity index (χ3v) is 5.01. The fourth-order valence-corrected chi connectivity index (χ4v) is 3.88. The molecule has 1 N–H and O–H groups in total. The van der Waals surface area contributed by atoms with Crippen molar-refractivity contribution in [3.8, 4) is 11.3 Å². The summed E-state index contributed by atoms with van der Waals surface area (Å²) in [5, 5.41) is 5.86. The Kier molecular flexibility index (Phi) is 3.39. The number of benzene rings is 1. The lowest BCUT2D eigenvalue weighted by Gasteiger charge is -2.24. The first-order valence-corrected chi connectivity index (χ1v) is 8.57. The summed E-state index contributed by atoms with van der Waals surface area (Å²) in [5.41, 5.74) is 2.26. The van der Waals surface area contributed by atoms with Gasteiger partial charge in [-0.2, -0.15) is 0 Å². The molecule has 1 saturated carbocycles. The summed E-state index contributed by atoms with van der Waals surface area (Å²) in [6.45, 7) is 0. The molecule has 1 fully saturated rings. The molecule has 3 aromatic rings. The van der Waals surface area contributed by atoms with Crippen molar-refractivity contribution in [2.45, 2.75) is 38.1 Å². The van der Waals surface area contributed by atoms with Crippen molar-refractivity contribution in [3.05, 3.63) is 41.9 Å². The third-order valence-electron chi connectivity index (χ3n) is 4.26. The highest BCUT2D eigenvalue weighted by Gasteiger charge is 2.19. The Bertz CT molecular complexity index is 723. The minimum atomic E-state index is 0.584. The van der Waals surface area contributed by atoms with Crippen molar-refractivity contribution in [2.75, 3.05) is 5.32 Å². The molecule has 4 rings (SSSR count). The molecule has 2 heterocycles. The molecular weight excluding hydrogens is 278 g/mol. The van der Waals surface area contributed by atoms with Crippen LogP contribution < -0.4 is 5.32 Å². The van der Waals surface area contributed by atoms with Gasteiger partial charge in [-0.05, 0) is 12.8 Å². The van der Waals surface area contributed by atoms with Crippen LogP contribution in [0.3, 0.4) is 0 Å². The SMILES string of the molecule is c1ccc(-c2nc3sccn3c2NC2CCCCC2)cc1. The molecular formula is C17H19N3S. The van der Waals surface area contributed by atoms with Gasteiger partial charge in [-0.15, -0.1) is 11.3 Å². The molecule has 1 aliphatic carbocycles. The van der Waals surface area contributed by atoms with Gasteiger partial charge in [0.1, 0.15) is 11.5 Å². The van der Waals surface area contributed by atoms with E-state index in [0.717, 1.165) is 16.5 Å². The van der Waals surface area contributed by atoms with Crippen LogP contribution in [0.1, 0.15) is 32.1 Å². The molecule has 0 bridgehead atoms. The second-order valence-corrected chi connectivity index (χ2v) is 6.58. The van der Waals surface area contributed by atoms with Crippen molar-refractivity contribution >= 4 is 22.1 Å². The van der Waals surface area contributed by atoms with Gasteiger partial charge < -0.3 is 5.32 Å². The number of fused-ring (bicyclic) bond motifs is 1. The number of hydrogen-bond acceptors (Lipinski definition) is 3. The average molecular weight is 297 g/mol. The predicted octanol–water partition coefficient (Wildman–Crippen LogP) is 4.81. The number of nitrogens with zero attached hydrogens (tertiary/aromatic N) is 2. The quantitative estimate of drug-likeness (QED) is 0.752. The number of imidazole rings is 1. The molecule has 1 aromatic carbocycles. The van der Waals surface area contributed by atoms with E-state index in [4.69, 9.17) is 4.98 Å². The normalized spacial score (nSPS) is 16.4. The number of hydrogen-bond donors (Lipinski definition) is 1. The van der Waals surface area contributed by atoms with E-state index in [1.54, 1.807) is 11.3 Å². The Morgan fingerprint density at radius 3 is 2.71 bits per heavy atom. The molecule has 0 amide bonds. The largest absolute Gasteiger partial charge is 0.367 e. The number of nitrogens with one attached hydrogen (secondary N) is 1. The third kappa shape index (κ3) is 2.44. The van der Waals surface area contributed by atoms with Gasteiger partial charge in [0.25, 0.3) is 0 Å². The van der Waals surface area contributed by atoms with Gasteiger partial charge in [0.15, 0.2) is 4.96 Å². The molecule has 0 saturated heterocycles. The lowest BCUT2D eigenvalue weighted by Crippen LogP contribution is -2.23. The standard InChI is InChI=1S/C17H19N3S/c1-3-7-13(8-4-1)15-16(18-14-9-5-2-6-10-14)20-11-12-21-17(20)19-15/h1,3-4,7-8,11-12,14,18H,2,5-6,9-10H2. The monoisotopic (exact) mass is 297 g/mol. The summed E-state index contributed by atoms with van der Waals surface area (Å²) in [4.78, 5) is 5.89. The van der Waals surface area contributed by atoms with Crippen LogP contribution in [-0.2, 0) is 0 Å². The maximum atomic E-state index is 4.83. The van der Waals surface area contributed by atoms with Crippen molar-refractivity contribution in [2.24, 2.45) is 0 Å². The molecule has 0 unspecified atom stereocenters. The molecule has 21 heavy (non-hydrogen) atoms. The molecule has 4 heteroatoms. The summed E-state index contributed by atoms with van der Waals surface area (Å²) in [6.07, 6.45) is 8.71. The van der Waals surface area contributed by atoms with Gasteiger partial charge in [0.05, 0.1) is 0 Å². The van der Waals surface area contributed by atoms with Gasteiger partial charge in [-0.3, -0.25) is 4.40 Å². The van der Waals surface area contributed by atoms with Gasteiger partial charge in [-0.25, -0.2) is 4.98 Å². The number of rotatable bonds is 3. The Labute approximate surface area is 128 Å². The Morgan fingerprint density at radius 1 is 1.10 bits per heavy atom. The molecule has 2 aromatic heterocycles. The highest BCUT2D eigenvalue weighted by Crippen LogP contribution is 2.32. The molecule has 0 aliphatic heterocycles. The summed E-state index contributed by atoms with van der Waals surface area (Å²) >= 11 is 1.69. The van der Waals surface area contributed by atoms with E-state index in [-0.39, 0.29) is 0 Å². The second kappa shape index (κ2) is 5.53. The Balaban J connectivity index is 1.75. The van der Waals surface area contributed by atoms with Gasteiger partial charge >= 0.3 is 0 Å². The fourth-order valence-electron chi connectivity index (χ4n) is 3.16. The van der Waals surface area contributed by atoms with Crippen LogP contribution in [0.25, 0.3) is 16.2 Å². The first-order chi connectivity index (χ1) is 10.4. The van der Waals surface area contributed by atoms with Crippen LogP contribution in [0.4, 0.5) is 5.82 Å². The van der Waals surface area contributed by atoms with E-state index in [0.29, 0.717) is 6.04 Å². The molecule has 108 valence electrons. The summed E-state index contributed by atoms with van der Waals surface area (Å²) in [7, 11) is 0. The molecule has 0 spiro atoms. The fraction of sp³-hybridized carbons (Fsp3) is 0.353. The van der Waals surface area contributed by atoms with E-state index in [2.05, 4.69) is 51.6 Å². The van der Waals surface area contributed by atoms with E-state index >= 15 is 0 Å². The van der Waals surface area contributed by atoms with E-state index in [9.17, 15) is 0 Å². The summed E-state index contributed by atoms with van der Waals surface area (Å²) in [6, 6.07) is 11.1. The summed E-state index contributed by atoms with van der Waals surface area (Å²) < 4.78 is 2.20. The first kappa shape index (κ1) is 12.9.